The molecular formula is C25H24F3NO4. The summed E-state index contributed by atoms with van der Waals surface area (Å²) < 4.78 is 43.5. The summed E-state index contributed by atoms with van der Waals surface area (Å²) in [4.78, 5) is 40.3. The molecule has 0 spiro atoms. The largest absolute Gasteiger partial charge is 0.465 e. The van der Waals surface area contributed by atoms with Crippen LogP contribution in [0.2, 0.25) is 0 Å². The van der Waals surface area contributed by atoms with E-state index in [4.69, 9.17) is 4.74 Å². The van der Waals surface area contributed by atoms with Crippen molar-refractivity contribution in [3.63, 3.8) is 0 Å². The molecule has 1 aliphatic rings. The van der Waals surface area contributed by atoms with Crippen LogP contribution in [0.4, 0.5) is 13.2 Å². The van der Waals surface area contributed by atoms with Gasteiger partial charge < -0.3 is 4.74 Å². The number of alkyl halides is 3. The van der Waals surface area contributed by atoms with Crippen molar-refractivity contribution in [3.05, 3.63) is 77.4 Å². The van der Waals surface area contributed by atoms with Gasteiger partial charge in [-0.25, -0.2) is 0 Å². The summed E-state index contributed by atoms with van der Waals surface area (Å²) in [6, 6.07) is 12.9. The Balaban J connectivity index is 1.84. The minimum absolute atomic E-state index is 0.0374. The minimum Gasteiger partial charge on any atom is -0.465 e. The molecule has 1 aliphatic heterocycles. The molecule has 5 nitrogen and oxygen atoms in total. The Kier molecular flexibility index (Phi) is 7.36. The number of rotatable bonds is 6. The monoisotopic (exact) mass is 459 g/mol. The highest BCUT2D eigenvalue weighted by atomic mass is 19.4. The maximum Gasteiger partial charge on any atom is 0.416 e. The van der Waals surface area contributed by atoms with E-state index in [-0.39, 0.29) is 26.0 Å². The van der Waals surface area contributed by atoms with Gasteiger partial charge in [0.05, 0.1) is 12.2 Å². The molecule has 0 aromatic heterocycles. The number of hydrogen-bond acceptors (Lipinski definition) is 4. The number of amides is 2. The van der Waals surface area contributed by atoms with Gasteiger partial charge in [0.15, 0.2) is 5.41 Å². The Morgan fingerprint density at radius 3 is 2.36 bits per heavy atom. The van der Waals surface area contributed by atoms with Crippen molar-refractivity contribution in [2.75, 3.05) is 13.2 Å². The van der Waals surface area contributed by atoms with Crippen LogP contribution in [0.15, 0.2) is 60.7 Å². The lowest BCUT2D eigenvalue weighted by Gasteiger charge is -2.38. The van der Waals surface area contributed by atoms with E-state index >= 15 is 0 Å². The zero-order valence-corrected chi connectivity index (χ0v) is 18.1. The molecule has 1 fully saturated rings. The van der Waals surface area contributed by atoms with Gasteiger partial charge in [-0.15, -0.1) is 0 Å². The molecule has 8 heteroatoms. The molecular weight excluding hydrogens is 435 g/mol. The highest BCUT2D eigenvalue weighted by Crippen LogP contribution is 2.38. The smallest absolute Gasteiger partial charge is 0.416 e. The van der Waals surface area contributed by atoms with Crippen molar-refractivity contribution >= 4 is 23.9 Å². The number of ether oxygens (including phenoxy) is 1. The average molecular weight is 459 g/mol. The number of allylic oxidation sites excluding steroid dienone is 1. The fourth-order valence-corrected chi connectivity index (χ4v) is 3.85. The van der Waals surface area contributed by atoms with Crippen LogP contribution >= 0.6 is 0 Å². The van der Waals surface area contributed by atoms with Gasteiger partial charge in [-0.1, -0.05) is 42.5 Å². The SMILES string of the molecule is CCOC(=O)C1(CC=Cc2ccc(C(F)(F)F)cc2)CCCN(C(=O)c2ccccc2)C1=O. The van der Waals surface area contributed by atoms with Crippen molar-refractivity contribution < 1.29 is 32.3 Å². The number of likely N-dealkylation sites (tertiary alicyclic amines) is 1. The molecule has 0 N–H and O–H groups in total. The third kappa shape index (κ3) is 5.32. The highest BCUT2D eigenvalue weighted by molar-refractivity contribution is 6.13. The van der Waals surface area contributed by atoms with Crippen LogP contribution in [-0.2, 0) is 20.5 Å². The van der Waals surface area contributed by atoms with E-state index < -0.39 is 34.9 Å². The van der Waals surface area contributed by atoms with E-state index in [0.29, 0.717) is 17.5 Å². The fourth-order valence-electron chi connectivity index (χ4n) is 3.85. The van der Waals surface area contributed by atoms with E-state index in [9.17, 15) is 27.6 Å². The van der Waals surface area contributed by atoms with Crippen LogP contribution in [0.5, 0.6) is 0 Å². The first-order chi connectivity index (χ1) is 15.7. The van der Waals surface area contributed by atoms with Gasteiger partial charge in [-0.05, 0) is 56.0 Å². The maximum absolute atomic E-state index is 13.4. The van der Waals surface area contributed by atoms with Gasteiger partial charge in [0.1, 0.15) is 0 Å². The average Bonchev–Trinajstić information content (AvgIpc) is 2.80. The van der Waals surface area contributed by atoms with Crippen molar-refractivity contribution in [3.8, 4) is 0 Å². The van der Waals surface area contributed by atoms with Crippen LogP contribution in [0, 0.1) is 5.41 Å². The number of carbonyl (C=O) groups excluding carboxylic acids is 3. The zero-order valence-electron chi connectivity index (χ0n) is 18.1. The van der Waals surface area contributed by atoms with Gasteiger partial charge in [0, 0.05) is 12.1 Å². The predicted octanol–water partition coefficient (Wildman–Crippen LogP) is 5.12. The third-order valence-electron chi connectivity index (χ3n) is 5.59. The molecule has 1 unspecified atom stereocenters. The van der Waals surface area contributed by atoms with E-state index in [0.717, 1.165) is 17.0 Å². The number of carbonyl (C=O) groups is 3. The van der Waals surface area contributed by atoms with Crippen molar-refractivity contribution in [2.24, 2.45) is 5.41 Å². The molecule has 1 atom stereocenters. The van der Waals surface area contributed by atoms with Gasteiger partial charge in [-0.3, -0.25) is 19.3 Å². The molecule has 1 heterocycles. The van der Waals surface area contributed by atoms with E-state index in [1.165, 1.54) is 12.1 Å². The lowest BCUT2D eigenvalue weighted by Crippen LogP contribution is -2.55. The summed E-state index contributed by atoms with van der Waals surface area (Å²) in [5.41, 5.74) is -1.50. The number of esters is 1. The predicted molar refractivity (Wildman–Crippen MR) is 116 cm³/mol. The summed E-state index contributed by atoms with van der Waals surface area (Å²) in [5.74, 6) is -1.82. The highest BCUT2D eigenvalue weighted by Gasteiger charge is 2.52. The van der Waals surface area contributed by atoms with Crippen molar-refractivity contribution in [1.82, 2.24) is 4.90 Å². The molecule has 3 rings (SSSR count). The van der Waals surface area contributed by atoms with Crippen LogP contribution in [-0.4, -0.2) is 35.8 Å². The van der Waals surface area contributed by atoms with E-state index in [2.05, 4.69) is 0 Å². The molecule has 2 amide bonds. The fraction of sp³-hybridized carbons (Fsp3) is 0.320. The lowest BCUT2D eigenvalue weighted by molar-refractivity contribution is -0.166. The Morgan fingerprint density at radius 2 is 1.76 bits per heavy atom. The number of halogens is 3. The molecule has 0 aliphatic carbocycles. The van der Waals surface area contributed by atoms with Crippen LogP contribution in [0.3, 0.4) is 0 Å². The van der Waals surface area contributed by atoms with Crippen molar-refractivity contribution in [2.45, 2.75) is 32.4 Å². The second-order valence-electron chi connectivity index (χ2n) is 7.76. The van der Waals surface area contributed by atoms with Gasteiger partial charge >= 0.3 is 12.1 Å². The lowest BCUT2D eigenvalue weighted by atomic mass is 9.75. The van der Waals surface area contributed by atoms with Crippen molar-refractivity contribution in [1.29, 1.82) is 0 Å². The molecule has 0 saturated carbocycles. The summed E-state index contributed by atoms with van der Waals surface area (Å²) >= 11 is 0. The Labute approximate surface area is 189 Å². The summed E-state index contributed by atoms with van der Waals surface area (Å²) in [6.45, 7) is 1.89. The Morgan fingerprint density at radius 1 is 1.09 bits per heavy atom. The first-order valence-electron chi connectivity index (χ1n) is 10.6. The van der Waals surface area contributed by atoms with Gasteiger partial charge in [0.2, 0.25) is 5.91 Å². The first kappa shape index (κ1) is 24.2. The zero-order chi connectivity index (χ0) is 24.1. The first-order valence-corrected chi connectivity index (χ1v) is 10.6. The quantitative estimate of drug-likeness (QED) is 0.342. The summed E-state index contributed by atoms with van der Waals surface area (Å²) in [5, 5.41) is 0. The molecule has 0 radical (unpaired) electrons. The number of nitrogens with zero attached hydrogens (tertiary/aromatic N) is 1. The normalized spacial score (nSPS) is 19.0. The minimum atomic E-state index is -4.43. The number of piperidine rings is 1. The standard InChI is InChI=1S/C25H24F3NO4/c1-2-33-23(32)24(15-6-8-18-11-13-20(14-12-18)25(26,27)28)16-7-17-29(22(24)31)21(30)19-9-4-3-5-10-19/h3-6,8-14H,2,7,15-17H2,1H3. The molecule has 1 saturated heterocycles. The van der Waals surface area contributed by atoms with Gasteiger partial charge in [-0.2, -0.15) is 13.2 Å². The van der Waals surface area contributed by atoms with E-state index in [1.54, 1.807) is 49.4 Å². The maximum atomic E-state index is 13.4. The molecule has 2 aromatic rings. The van der Waals surface area contributed by atoms with Crippen LogP contribution in [0.1, 0.15) is 47.7 Å². The third-order valence-corrected chi connectivity index (χ3v) is 5.59. The molecule has 0 bridgehead atoms. The molecule has 174 valence electrons. The van der Waals surface area contributed by atoms with Crippen LogP contribution in [0.25, 0.3) is 6.08 Å². The van der Waals surface area contributed by atoms with E-state index in [1.807, 2.05) is 0 Å². The number of imide groups is 1. The molecule has 33 heavy (non-hydrogen) atoms. The summed E-state index contributed by atoms with van der Waals surface area (Å²) in [6.07, 6.45) is -0.720. The number of hydrogen-bond donors (Lipinski definition) is 0. The molecule has 2 aromatic carbocycles. The van der Waals surface area contributed by atoms with Gasteiger partial charge in [0.25, 0.3) is 5.91 Å². The second kappa shape index (κ2) is 10.0. The second-order valence-corrected chi connectivity index (χ2v) is 7.76. The Hall–Kier alpha value is -3.42. The Bertz CT molecular complexity index is 1030. The van der Waals surface area contributed by atoms with Crippen LogP contribution < -0.4 is 0 Å². The topological polar surface area (TPSA) is 63.7 Å². The summed E-state index contributed by atoms with van der Waals surface area (Å²) in [7, 11) is 0. The number of benzene rings is 2.